The maximum Gasteiger partial charge on any atom is 0.306 e. The van der Waals surface area contributed by atoms with Crippen LogP contribution in [0.15, 0.2) is 0 Å². The summed E-state index contributed by atoms with van der Waals surface area (Å²) in [6, 6.07) is 0. The van der Waals surface area contributed by atoms with Gasteiger partial charge >= 0.3 is 5.97 Å². The number of hydrogen-bond acceptors (Lipinski definition) is 2. The van der Waals surface area contributed by atoms with Crippen molar-refractivity contribution in [3.8, 4) is 0 Å². The van der Waals surface area contributed by atoms with Crippen molar-refractivity contribution in [3.05, 3.63) is 0 Å². The van der Waals surface area contributed by atoms with Crippen molar-refractivity contribution >= 4 is 21.9 Å². The van der Waals surface area contributed by atoms with E-state index in [4.69, 9.17) is 4.74 Å². The molecule has 1 unspecified atom stereocenters. The molecule has 0 aromatic rings. The summed E-state index contributed by atoms with van der Waals surface area (Å²) in [7, 11) is 0. The molecule has 1 rings (SSSR count). The Balaban J connectivity index is 2.32. The molecule has 0 aromatic carbocycles. The molecule has 0 spiro atoms. The highest BCUT2D eigenvalue weighted by molar-refractivity contribution is 9.09. The first kappa shape index (κ1) is 6.08. The van der Waals surface area contributed by atoms with Crippen LogP contribution in [0.2, 0.25) is 0 Å². The summed E-state index contributed by atoms with van der Waals surface area (Å²) in [4.78, 5) is 10.4. The maximum absolute atomic E-state index is 10.4. The van der Waals surface area contributed by atoms with Crippen LogP contribution < -0.4 is 0 Å². The van der Waals surface area contributed by atoms with Crippen molar-refractivity contribution in [3.63, 3.8) is 0 Å². The van der Waals surface area contributed by atoms with E-state index in [-0.39, 0.29) is 12.1 Å². The minimum atomic E-state index is -0.0607. The predicted molar refractivity (Wildman–Crippen MR) is 32.9 cm³/mol. The van der Waals surface area contributed by atoms with Gasteiger partial charge in [0.25, 0.3) is 0 Å². The molecule has 0 radical (unpaired) electrons. The molecule has 0 bridgehead atoms. The highest BCUT2D eigenvalue weighted by atomic mass is 79.9. The first-order valence-corrected chi connectivity index (χ1v) is 3.70. The van der Waals surface area contributed by atoms with Crippen LogP contribution in [0.3, 0.4) is 0 Å². The van der Waals surface area contributed by atoms with E-state index in [1.165, 1.54) is 0 Å². The Kier molecular flexibility index (Phi) is 1.89. The standard InChI is InChI=1S/C5H7BrO2/c6-3-4-1-2-5(7)8-4/h4H,1-3H2. The van der Waals surface area contributed by atoms with Crippen LogP contribution in [0.5, 0.6) is 0 Å². The number of cyclic esters (lactones) is 1. The van der Waals surface area contributed by atoms with Gasteiger partial charge in [-0.1, -0.05) is 15.9 Å². The molecule has 1 heterocycles. The molecule has 2 nitrogen and oxygen atoms in total. The van der Waals surface area contributed by atoms with Gasteiger partial charge in [0.1, 0.15) is 6.10 Å². The normalized spacial score (nSPS) is 28.1. The van der Waals surface area contributed by atoms with Gasteiger partial charge in [0, 0.05) is 11.8 Å². The monoisotopic (exact) mass is 178 g/mol. The zero-order valence-corrected chi connectivity index (χ0v) is 5.98. The van der Waals surface area contributed by atoms with Crippen LogP contribution in [0.1, 0.15) is 12.8 Å². The first-order chi connectivity index (χ1) is 3.83. The first-order valence-electron chi connectivity index (χ1n) is 2.58. The second kappa shape index (κ2) is 2.49. The van der Waals surface area contributed by atoms with Crippen LogP contribution in [-0.4, -0.2) is 17.4 Å². The lowest BCUT2D eigenvalue weighted by Crippen LogP contribution is -2.06. The van der Waals surface area contributed by atoms with E-state index in [0.29, 0.717) is 6.42 Å². The number of esters is 1. The van der Waals surface area contributed by atoms with Crippen LogP contribution in [0.4, 0.5) is 0 Å². The number of ether oxygens (including phenoxy) is 1. The van der Waals surface area contributed by atoms with E-state index in [1.54, 1.807) is 0 Å². The van der Waals surface area contributed by atoms with Gasteiger partial charge in [0.05, 0.1) is 0 Å². The minimum absolute atomic E-state index is 0.0607. The van der Waals surface area contributed by atoms with Crippen LogP contribution in [0.25, 0.3) is 0 Å². The Hall–Kier alpha value is -0.0500. The zero-order valence-electron chi connectivity index (χ0n) is 4.39. The van der Waals surface area contributed by atoms with Crippen molar-refractivity contribution in [1.29, 1.82) is 0 Å². The third kappa shape index (κ3) is 1.22. The van der Waals surface area contributed by atoms with Crippen LogP contribution in [-0.2, 0) is 9.53 Å². The summed E-state index contributed by atoms with van der Waals surface area (Å²) in [6.07, 6.45) is 1.61. The van der Waals surface area contributed by atoms with E-state index >= 15 is 0 Å². The van der Waals surface area contributed by atoms with Gasteiger partial charge in [0.15, 0.2) is 0 Å². The fraction of sp³-hybridized carbons (Fsp3) is 0.800. The Morgan fingerprint density at radius 1 is 1.88 bits per heavy atom. The largest absolute Gasteiger partial charge is 0.461 e. The number of rotatable bonds is 1. The lowest BCUT2D eigenvalue weighted by Gasteiger charge is -2.00. The molecule has 0 saturated carbocycles. The van der Waals surface area contributed by atoms with Gasteiger partial charge in [-0.15, -0.1) is 0 Å². The summed E-state index contributed by atoms with van der Waals surface area (Å²) in [6.45, 7) is 0. The zero-order chi connectivity index (χ0) is 5.98. The SMILES string of the molecule is O=C1CCC(CBr)O1. The average molecular weight is 179 g/mol. The fourth-order valence-corrected chi connectivity index (χ4v) is 1.15. The average Bonchev–Trinajstić information content (AvgIpc) is 2.14. The molecule has 0 aromatic heterocycles. The minimum Gasteiger partial charge on any atom is -0.461 e. The molecule has 1 aliphatic heterocycles. The predicted octanol–water partition coefficient (Wildman–Crippen LogP) is 1.09. The summed E-state index contributed by atoms with van der Waals surface area (Å²) < 4.78 is 4.82. The second-order valence-electron chi connectivity index (χ2n) is 1.80. The molecule has 1 fully saturated rings. The van der Waals surface area contributed by atoms with Gasteiger partial charge in [-0.2, -0.15) is 0 Å². The molecule has 1 aliphatic rings. The quantitative estimate of drug-likeness (QED) is 0.444. The van der Waals surface area contributed by atoms with Gasteiger partial charge in [-0.25, -0.2) is 0 Å². The van der Waals surface area contributed by atoms with Crippen molar-refractivity contribution in [2.45, 2.75) is 18.9 Å². The summed E-state index contributed by atoms with van der Waals surface area (Å²) in [5.74, 6) is -0.0607. The molecule has 0 amide bonds. The van der Waals surface area contributed by atoms with Gasteiger partial charge < -0.3 is 4.74 Å². The smallest absolute Gasteiger partial charge is 0.306 e. The molecular weight excluding hydrogens is 172 g/mol. The van der Waals surface area contributed by atoms with Crippen molar-refractivity contribution in [1.82, 2.24) is 0 Å². The highest BCUT2D eigenvalue weighted by Crippen LogP contribution is 2.14. The van der Waals surface area contributed by atoms with E-state index in [0.717, 1.165) is 11.8 Å². The van der Waals surface area contributed by atoms with E-state index in [9.17, 15) is 4.79 Å². The van der Waals surface area contributed by atoms with Gasteiger partial charge in [0.2, 0.25) is 0 Å². The molecule has 1 atom stereocenters. The van der Waals surface area contributed by atoms with E-state index in [2.05, 4.69) is 15.9 Å². The number of hydrogen-bond donors (Lipinski definition) is 0. The van der Waals surface area contributed by atoms with Crippen LogP contribution in [0, 0.1) is 0 Å². The Morgan fingerprint density at radius 3 is 2.88 bits per heavy atom. The third-order valence-corrected chi connectivity index (χ3v) is 1.86. The maximum atomic E-state index is 10.4. The molecule has 8 heavy (non-hydrogen) atoms. The number of carbonyl (C=O) groups excluding carboxylic acids is 1. The van der Waals surface area contributed by atoms with Gasteiger partial charge in [-0.3, -0.25) is 4.79 Å². The van der Waals surface area contributed by atoms with Crippen molar-refractivity contribution in [2.24, 2.45) is 0 Å². The molecule has 0 aliphatic carbocycles. The van der Waals surface area contributed by atoms with E-state index < -0.39 is 0 Å². The van der Waals surface area contributed by atoms with Crippen LogP contribution >= 0.6 is 15.9 Å². The summed E-state index contributed by atoms with van der Waals surface area (Å²) >= 11 is 3.23. The number of halogens is 1. The lowest BCUT2D eigenvalue weighted by molar-refractivity contribution is -0.140. The Bertz CT molecular complexity index is 103. The summed E-state index contributed by atoms with van der Waals surface area (Å²) in [5.41, 5.74) is 0. The Morgan fingerprint density at radius 2 is 2.62 bits per heavy atom. The van der Waals surface area contributed by atoms with Gasteiger partial charge in [-0.05, 0) is 6.42 Å². The molecule has 0 N–H and O–H groups in total. The number of alkyl halides is 1. The topological polar surface area (TPSA) is 26.3 Å². The Labute approximate surface area is 56.3 Å². The highest BCUT2D eigenvalue weighted by Gasteiger charge is 2.21. The fourth-order valence-electron chi connectivity index (χ4n) is 0.691. The molecule has 3 heteroatoms. The molecule has 46 valence electrons. The molecular formula is C5H7BrO2. The number of carbonyl (C=O) groups is 1. The van der Waals surface area contributed by atoms with Crippen molar-refractivity contribution in [2.75, 3.05) is 5.33 Å². The van der Waals surface area contributed by atoms with Crippen molar-refractivity contribution < 1.29 is 9.53 Å². The van der Waals surface area contributed by atoms with E-state index in [1.807, 2.05) is 0 Å². The second-order valence-corrected chi connectivity index (χ2v) is 2.45. The lowest BCUT2D eigenvalue weighted by atomic mass is 10.3. The third-order valence-electron chi connectivity index (χ3n) is 1.14. The summed E-state index contributed by atoms with van der Waals surface area (Å²) in [5, 5.41) is 0.777. The molecule has 1 saturated heterocycles.